The summed E-state index contributed by atoms with van der Waals surface area (Å²) in [5.74, 6) is -0.382. The predicted molar refractivity (Wildman–Crippen MR) is 66.7 cm³/mol. The molecule has 0 bridgehead atoms. The van der Waals surface area contributed by atoms with E-state index in [2.05, 4.69) is 9.72 Å². The molecule has 0 fully saturated rings. The molecular formula is C13H16N2O2. The van der Waals surface area contributed by atoms with E-state index in [-0.39, 0.29) is 5.97 Å². The van der Waals surface area contributed by atoms with E-state index in [9.17, 15) is 4.79 Å². The highest BCUT2D eigenvalue weighted by molar-refractivity contribution is 5.86. The quantitative estimate of drug-likeness (QED) is 0.788. The van der Waals surface area contributed by atoms with Crippen LogP contribution in [0.4, 0.5) is 0 Å². The van der Waals surface area contributed by atoms with E-state index in [1.54, 1.807) is 0 Å². The van der Waals surface area contributed by atoms with Crippen LogP contribution in [0.25, 0.3) is 10.9 Å². The van der Waals surface area contributed by atoms with Crippen LogP contribution in [0.2, 0.25) is 0 Å². The summed E-state index contributed by atoms with van der Waals surface area (Å²) in [5.41, 5.74) is 9.08. The van der Waals surface area contributed by atoms with Crippen molar-refractivity contribution in [1.82, 2.24) is 4.98 Å². The Labute approximate surface area is 99.8 Å². The second kappa shape index (κ2) is 4.59. The lowest BCUT2D eigenvalue weighted by atomic mass is 10.0. The third kappa shape index (κ3) is 2.17. The Morgan fingerprint density at radius 3 is 3.00 bits per heavy atom. The van der Waals surface area contributed by atoms with Crippen molar-refractivity contribution >= 4 is 16.9 Å². The molecule has 0 saturated heterocycles. The molecule has 2 aromatic rings. The predicted octanol–water partition coefficient (Wildman–Crippen LogP) is 1.52. The van der Waals surface area contributed by atoms with Gasteiger partial charge in [0.05, 0.1) is 7.11 Å². The van der Waals surface area contributed by atoms with Gasteiger partial charge < -0.3 is 15.5 Å². The van der Waals surface area contributed by atoms with Crippen molar-refractivity contribution in [1.29, 1.82) is 0 Å². The maximum Gasteiger partial charge on any atom is 0.322 e. The van der Waals surface area contributed by atoms with Gasteiger partial charge in [-0.3, -0.25) is 4.79 Å². The average molecular weight is 232 g/mol. The number of esters is 1. The summed E-state index contributed by atoms with van der Waals surface area (Å²) >= 11 is 0. The Kier molecular flexibility index (Phi) is 3.15. The van der Waals surface area contributed by atoms with Crippen LogP contribution >= 0.6 is 0 Å². The molecule has 0 saturated carbocycles. The number of H-pyrrole nitrogens is 1. The highest BCUT2D eigenvalue weighted by Crippen LogP contribution is 2.22. The fraction of sp³-hybridized carbons (Fsp3) is 0.308. The van der Waals surface area contributed by atoms with Gasteiger partial charge in [-0.05, 0) is 18.1 Å². The van der Waals surface area contributed by atoms with Crippen LogP contribution in [0.3, 0.4) is 0 Å². The standard InChI is InChI=1S/C13H16N2O2/c1-8-4-3-5-10-9(7-15-12(8)10)6-11(14)13(16)17-2/h3-5,7,11,15H,6,14H2,1-2H3/t11-/m0/s1. The van der Waals surface area contributed by atoms with Gasteiger partial charge in [-0.1, -0.05) is 18.2 Å². The first-order valence-corrected chi connectivity index (χ1v) is 5.52. The molecule has 0 unspecified atom stereocenters. The van der Waals surface area contributed by atoms with E-state index >= 15 is 0 Å². The Balaban J connectivity index is 2.31. The lowest BCUT2D eigenvalue weighted by molar-refractivity contribution is -0.142. The zero-order valence-corrected chi connectivity index (χ0v) is 9.99. The van der Waals surface area contributed by atoms with Crippen LogP contribution in [-0.4, -0.2) is 24.1 Å². The maximum absolute atomic E-state index is 11.3. The number of benzene rings is 1. The summed E-state index contributed by atoms with van der Waals surface area (Å²) in [5, 5.41) is 1.12. The van der Waals surface area contributed by atoms with Crippen LogP contribution in [-0.2, 0) is 16.0 Å². The monoisotopic (exact) mass is 232 g/mol. The summed E-state index contributed by atoms with van der Waals surface area (Å²) in [4.78, 5) is 14.5. The molecule has 1 aromatic carbocycles. The Hall–Kier alpha value is -1.81. The second-order valence-corrected chi connectivity index (χ2v) is 4.15. The van der Waals surface area contributed by atoms with Crippen LogP contribution in [0.1, 0.15) is 11.1 Å². The number of methoxy groups -OCH3 is 1. The number of aromatic amines is 1. The van der Waals surface area contributed by atoms with Gasteiger partial charge in [0.15, 0.2) is 0 Å². The van der Waals surface area contributed by atoms with Crippen molar-refractivity contribution in [2.45, 2.75) is 19.4 Å². The molecule has 1 heterocycles. The topological polar surface area (TPSA) is 68.1 Å². The number of nitrogens with two attached hydrogens (primary N) is 1. The van der Waals surface area contributed by atoms with Crippen LogP contribution in [0.15, 0.2) is 24.4 Å². The number of para-hydroxylation sites is 1. The molecular weight excluding hydrogens is 216 g/mol. The molecule has 0 spiro atoms. The van der Waals surface area contributed by atoms with Gasteiger partial charge in [0.2, 0.25) is 0 Å². The van der Waals surface area contributed by atoms with Crippen molar-refractivity contribution in [3.63, 3.8) is 0 Å². The number of carbonyl (C=O) groups is 1. The zero-order valence-electron chi connectivity index (χ0n) is 9.99. The lowest BCUT2D eigenvalue weighted by Gasteiger charge is -2.08. The highest BCUT2D eigenvalue weighted by Gasteiger charge is 2.16. The first-order chi connectivity index (χ1) is 8.13. The minimum atomic E-state index is -0.612. The van der Waals surface area contributed by atoms with Crippen molar-refractivity contribution in [2.24, 2.45) is 5.73 Å². The fourth-order valence-electron chi connectivity index (χ4n) is 2.00. The van der Waals surface area contributed by atoms with Gasteiger partial charge in [-0.25, -0.2) is 0 Å². The van der Waals surface area contributed by atoms with Gasteiger partial charge in [0, 0.05) is 23.5 Å². The minimum Gasteiger partial charge on any atom is -0.468 e. The van der Waals surface area contributed by atoms with Gasteiger partial charge in [0.1, 0.15) is 6.04 Å². The van der Waals surface area contributed by atoms with Gasteiger partial charge >= 0.3 is 5.97 Å². The fourth-order valence-corrected chi connectivity index (χ4v) is 2.00. The SMILES string of the molecule is COC(=O)[C@@H](N)Cc1c[nH]c2c(C)cccc12. The molecule has 1 atom stereocenters. The number of hydrogen-bond acceptors (Lipinski definition) is 3. The smallest absolute Gasteiger partial charge is 0.322 e. The molecule has 0 aliphatic rings. The summed E-state index contributed by atoms with van der Waals surface area (Å²) in [6, 6.07) is 5.46. The van der Waals surface area contributed by atoms with Crippen molar-refractivity contribution < 1.29 is 9.53 Å². The molecule has 90 valence electrons. The number of aromatic nitrogens is 1. The number of carbonyl (C=O) groups excluding carboxylic acids is 1. The van der Waals surface area contributed by atoms with E-state index in [0.717, 1.165) is 16.5 Å². The third-order valence-electron chi connectivity index (χ3n) is 2.95. The lowest BCUT2D eigenvalue weighted by Crippen LogP contribution is -2.33. The first-order valence-electron chi connectivity index (χ1n) is 5.52. The van der Waals surface area contributed by atoms with Crippen molar-refractivity contribution in [2.75, 3.05) is 7.11 Å². The molecule has 0 radical (unpaired) electrons. The molecule has 2 rings (SSSR count). The summed E-state index contributed by atoms with van der Waals surface area (Å²) in [6.45, 7) is 2.04. The minimum absolute atomic E-state index is 0.382. The molecule has 1 aromatic heterocycles. The molecule has 3 N–H and O–H groups in total. The van der Waals surface area contributed by atoms with Crippen LogP contribution in [0, 0.1) is 6.92 Å². The normalized spacial score (nSPS) is 12.6. The number of ether oxygens (including phenoxy) is 1. The van der Waals surface area contributed by atoms with Crippen molar-refractivity contribution in [3.05, 3.63) is 35.5 Å². The zero-order chi connectivity index (χ0) is 12.4. The number of rotatable bonds is 3. The highest BCUT2D eigenvalue weighted by atomic mass is 16.5. The van der Waals surface area contributed by atoms with Crippen LogP contribution in [0.5, 0.6) is 0 Å². The maximum atomic E-state index is 11.3. The molecule has 17 heavy (non-hydrogen) atoms. The van der Waals surface area contributed by atoms with E-state index in [0.29, 0.717) is 6.42 Å². The number of aryl methyl sites for hydroxylation is 1. The average Bonchev–Trinajstić information content (AvgIpc) is 2.73. The van der Waals surface area contributed by atoms with Crippen LogP contribution < -0.4 is 5.73 Å². The molecule has 0 aliphatic heterocycles. The third-order valence-corrected chi connectivity index (χ3v) is 2.95. The van der Waals surface area contributed by atoms with Gasteiger partial charge in [-0.15, -0.1) is 0 Å². The first kappa shape index (κ1) is 11.7. The molecule has 0 amide bonds. The Morgan fingerprint density at radius 1 is 1.53 bits per heavy atom. The van der Waals surface area contributed by atoms with Crippen molar-refractivity contribution in [3.8, 4) is 0 Å². The summed E-state index contributed by atoms with van der Waals surface area (Å²) < 4.78 is 4.62. The summed E-state index contributed by atoms with van der Waals surface area (Å²) in [6.07, 6.45) is 2.39. The van der Waals surface area contributed by atoms with Gasteiger partial charge in [-0.2, -0.15) is 0 Å². The molecule has 4 heteroatoms. The summed E-state index contributed by atoms with van der Waals surface area (Å²) in [7, 11) is 1.35. The molecule has 4 nitrogen and oxygen atoms in total. The van der Waals surface area contributed by atoms with E-state index in [4.69, 9.17) is 5.73 Å². The largest absolute Gasteiger partial charge is 0.468 e. The molecule has 0 aliphatic carbocycles. The number of hydrogen-bond donors (Lipinski definition) is 2. The number of fused-ring (bicyclic) bond motifs is 1. The van der Waals surface area contributed by atoms with Gasteiger partial charge in [0.25, 0.3) is 0 Å². The second-order valence-electron chi connectivity index (χ2n) is 4.15. The van der Waals surface area contributed by atoms with E-state index in [1.165, 1.54) is 12.7 Å². The van der Waals surface area contributed by atoms with E-state index in [1.807, 2.05) is 31.3 Å². The number of nitrogens with one attached hydrogen (secondary N) is 1. The van der Waals surface area contributed by atoms with E-state index < -0.39 is 6.04 Å². The Bertz CT molecular complexity index is 545. The Morgan fingerprint density at radius 2 is 2.29 bits per heavy atom.